The summed E-state index contributed by atoms with van der Waals surface area (Å²) in [5, 5.41) is 3.15. The van der Waals surface area contributed by atoms with Crippen LogP contribution in [0.2, 0.25) is 0 Å². The molecule has 2 aromatic carbocycles. The van der Waals surface area contributed by atoms with Crippen molar-refractivity contribution >= 4 is 29.1 Å². The molecule has 0 aliphatic rings. The van der Waals surface area contributed by atoms with E-state index in [0.717, 1.165) is 11.1 Å². The van der Waals surface area contributed by atoms with E-state index in [1.54, 1.807) is 12.3 Å². The molecule has 0 saturated carbocycles. The third kappa shape index (κ3) is 4.32. The van der Waals surface area contributed by atoms with Gasteiger partial charge < -0.3 is 0 Å². The lowest BCUT2D eigenvalue weighted by Gasteiger charge is -2.24. The smallest absolute Gasteiger partial charge is 0.257 e. The molecule has 1 amide bonds. The Morgan fingerprint density at radius 3 is 2.38 bits per heavy atom. The molecule has 4 nitrogen and oxygen atoms in total. The zero-order valence-corrected chi connectivity index (χ0v) is 15.2. The summed E-state index contributed by atoms with van der Waals surface area (Å²) in [5.41, 5.74) is 2.58. The van der Waals surface area contributed by atoms with Crippen molar-refractivity contribution in [2.45, 2.75) is 13.5 Å². The van der Waals surface area contributed by atoms with Crippen LogP contribution in [0, 0.1) is 6.92 Å². The fourth-order valence-corrected chi connectivity index (χ4v) is 2.85. The summed E-state index contributed by atoms with van der Waals surface area (Å²) < 4.78 is 0. The number of aryl methyl sites for hydroxylation is 1. The molecule has 0 fully saturated rings. The van der Waals surface area contributed by atoms with Gasteiger partial charge in [-0.1, -0.05) is 54.6 Å². The second kappa shape index (κ2) is 8.36. The maximum Gasteiger partial charge on any atom is 0.257 e. The summed E-state index contributed by atoms with van der Waals surface area (Å²) >= 11 is 5.53. The number of pyridine rings is 1. The minimum absolute atomic E-state index is 0.220. The Morgan fingerprint density at radius 1 is 1.00 bits per heavy atom. The maximum absolute atomic E-state index is 12.6. The Bertz CT molecular complexity index is 897. The number of nitrogens with zero attached hydrogens (tertiary/aromatic N) is 2. The van der Waals surface area contributed by atoms with E-state index in [-0.39, 0.29) is 5.91 Å². The summed E-state index contributed by atoms with van der Waals surface area (Å²) in [6.07, 6.45) is 1.71. The van der Waals surface area contributed by atoms with Crippen molar-refractivity contribution < 1.29 is 4.79 Å². The van der Waals surface area contributed by atoms with Crippen LogP contribution in [0.15, 0.2) is 79.0 Å². The standard InChI is InChI=1S/C21H19N3OS/c1-16-9-5-6-12-18(16)20(25)23-21(26)24(19-13-7-8-14-22-19)15-17-10-3-2-4-11-17/h2-14H,15H2,1H3,(H,23,25,26). The highest BCUT2D eigenvalue weighted by atomic mass is 32.1. The van der Waals surface area contributed by atoms with Crippen molar-refractivity contribution in [1.82, 2.24) is 10.3 Å². The van der Waals surface area contributed by atoms with Gasteiger partial charge in [-0.3, -0.25) is 15.0 Å². The quantitative estimate of drug-likeness (QED) is 0.710. The van der Waals surface area contributed by atoms with Gasteiger partial charge in [-0.15, -0.1) is 0 Å². The van der Waals surface area contributed by atoms with Crippen molar-refractivity contribution in [3.05, 3.63) is 95.7 Å². The van der Waals surface area contributed by atoms with E-state index in [2.05, 4.69) is 10.3 Å². The molecule has 0 unspecified atom stereocenters. The zero-order valence-electron chi connectivity index (χ0n) is 14.4. The second-order valence-electron chi connectivity index (χ2n) is 5.83. The van der Waals surface area contributed by atoms with Gasteiger partial charge in [0.15, 0.2) is 5.11 Å². The highest BCUT2D eigenvalue weighted by Crippen LogP contribution is 2.15. The minimum atomic E-state index is -0.220. The van der Waals surface area contributed by atoms with E-state index in [0.29, 0.717) is 23.0 Å². The van der Waals surface area contributed by atoms with Crippen LogP contribution >= 0.6 is 12.2 Å². The van der Waals surface area contributed by atoms with Gasteiger partial charge in [-0.25, -0.2) is 4.98 Å². The van der Waals surface area contributed by atoms with Crippen LogP contribution in [0.4, 0.5) is 5.82 Å². The number of carbonyl (C=O) groups is 1. The Morgan fingerprint density at radius 2 is 1.69 bits per heavy atom. The highest BCUT2D eigenvalue weighted by Gasteiger charge is 2.17. The fraction of sp³-hybridized carbons (Fsp3) is 0.0952. The fourth-order valence-electron chi connectivity index (χ4n) is 2.60. The molecule has 0 bridgehead atoms. The largest absolute Gasteiger partial charge is 0.299 e. The van der Waals surface area contributed by atoms with E-state index in [1.165, 1.54) is 0 Å². The SMILES string of the molecule is Cc1ccccc1C(=O)NC(=S)N(Cc1ccccc1)c1ccccn1. The first-order valence-electron chi connectivity index (χ1n) is 8.28. The number of anilines is 1. The number of benzene rings is 2. The lowest BCUT2D eigenvalue weighted by molar-refractivity contribution is 0.0976. The molecule has 26 heavy (non-hydrogen) atoms. The van der Waals surface area contributed by atoms with E-state index >= 15 is 0 Å². The first-order chi connectivity index (χ1) is 12.6. The number of rotatable bonds is 4. The summed E-state index contributed by atoms with van der Waals surface area (Å²) in [5.74, 6) is 0.466. The van der Waals surface area contributed by atoms with E-state index in [9.17, 15) is 4.79 Å². The lowest BCUT2D eigenvalue weighted by atomic mass is 10.1. The van der Waals surface area contributed by atoms with Gasteiger partial charge in [-0.2, -0.15) is 0 Å². The summed E-state index contributed by atoms with van der Waals surface area (Å²) in [4.78, 5) is 18.8. The van der Waals surface area contributed by atoms with Crippen LogP contribution in [-0.4, -0.2) is 16.0 Å². The van der Waals surface area contributed by atoms with Crippen molar-refractivity contribution in [2.75, 3.05) is 4.90 Å². The number of nitrogens with one attached hydrogen (secondary N) is 1. The summed E-state index contributed by atoms with van der Waals surface area (Å²) in [6.45, 7) is 2.42. The minimum Gasteiger partial charge on any atom is -0.299 e. The van der Waals surface area contributed by atoms with Gasteiger partial charge >= 0.3 is 0 Å². The maximum atomic E-state index is 12.6. The zero-order chi connectivity index (χ0) is 18.4. The number of hydrogen-bond donors (Lipinski definition) is 1. The molecule has 0 radical (unpaired) electrons. The molecule has 0 saturated heterocycles. The average Bonchev–Trinajstić information content (AvgIpc) is 2.68. The van der Waals surface area contributed by atoms with Gasteiger partial charge in [-0.05, 0) is 48.5 Å². The molecule has 1 N–H and O–H groups in total. The monoisotopic (exact) mass is 361 g/mol. The van der Waals surface area contributed by atoms with Gasteiger partial charge in [0.25, 0.3) is 5.91 Å². The van der Waals surface area contributed by atoms with Crippen LogP contribution in [-0.2, 0) is 6.54 Å². The predicted molar refractivity (Wildman–Crippen MR) is 108 cm³/mol. The van der Waals surface area contributed by atoms with Crippen LogP contribution < -0.4 is 10.2 Å². The Kier molecular flexibility index (Phi) is 5.71. The van der Waals surface area contributed by atoms with E-state index in [1.807, 2.05) is 78.6 Å². The highest BCUT2D eigenvalue weighted by molar-refractivity contribution is 7.80. The first kappa shape index (κ1) is 17.8. The molecule has 0 aliphatic heterocycles. The van der Waals surface area contributed by atoms with Gasteiger partial charge in [0, 0.05) is 11.8 Å². The summed E-state index contributed by atoms with van der Waals surface area (Å²) in [7, 11) is 0. The lowest BCUT2D eigenvalue weighted by Crippen LogP contribution is -2.43. The Labute approximate surface area is 158 Å². The van der Waals surface area contributed by atoms with Crippen molar-refractivity contribution in [3.63, 3.8) is 0 Å². The van der Waals surface area contributed by atoms with Crippen LogP contribution in [0.25, 0.3) is 0 Å². The van der Waals surface area contributed by atoms with Gasteiger partial charge in [0.2, 0.25) is 0 Å². The van der Waals surface area contributed by atoms with Crippen molar-refractivity contribution in [3.8, 4) is 0 Å². The molecule has 5 heteroatoms. The Balaban J connectivity index is 1.83. The molecule has 0 atom stereocenters. The van der Waals surface area contributed by atoms with E-state index in [4.69, 9.17) is 12.2 Å². The molecule has 1 aromatic heterocycles. The number of amides is 1. The molecule has 3 rings (SSSR count). The Hall–Kier alpha value is -3.05. The number of thiocarbonyl (C=S) groups is 1. The molecular formula is C21H19N3OS. The molecule has 3 aromatic rings. The molecule has 0 spiro atoms. The van der Waals surface area contributed by atoms with Crippen molar-refractivity contribution in [2.24, 2.45) is 0 Å². The second-order valence-corrected chi connectivity index (χ2v) is 6.22. The van der Waals surface area contributed by atoms with Crippen LogP contribution in [0.5, 0.6) is 0 Å². The number of hydrogen-bond acceptors (Lipinski definition) is 3. The topological polar surface area (TPSA) is 45.2 Å². The van der Waals surface area contributed by atoms with Gasteiger partial charge in [0.1, 0.15) is 5.82 Å². The first-order valence-corrected chi connectivity index (χ1v) is 8.69. The van der Waals surface area contributed by atoms with Gasteiger partial charge in [0.05, 0.1) is 6.54 Å². The third-order valence-corrected chi connectivity index (χ3v) is 4.29. The normalized spacial score (nSPS) is 10.2. The molecule has 0 aliphatic carbocycles. The molecule has 130 valence electrons. The molecular weight excluding hydrogens is 342 g/mol. The number of carbonyl (C=O) groups excluding carboxylic acids is 1. The summed E-state index contributed by atoms with van der Waals surface area (Å²) in [6, 6.07) is 23.0. The van der Waals surface area contributed by atoms with E-state index < -0.39 is 0 Å². The molecule has 1 heterocycles. The number of aromatic nitrogens is 1. The predicted octanol–water partition coefficient (Wildman–Crippen LogP) is 4.11. The van der Waals surface area contributed by atoms with Crippen LogP contribution in [0.1, 0.15) is 21.5 Å². The average molecular weight is 361 g/mol. The third-order valence-electron chi connectivity index (χ3n) is 3.96. The van der Waals surface area contributed by atoms with Crippen LogP contribution in [0.3, 0.4) is 0 Å². The van der Waals surface area contributed by atoms with Crippen molar-refractivity contribution in [1.29, 1.82) is 0 Å².